The number of amides is 1. The van der Waals surface area contributed by atoms with Crippen LogP contribution in [0.5, 0.6) is 0 Å². The lowest BCUT2D eigenvalue weighted by molar-refractivity contribution is -0.109. The largest absolute Gasteiger partial charge is 0.445 e. The van der Waals surface area contributed by atoms with Gasteiger partial charge in [0.05, 0.1) is 0 Å². The number of carbonyl (C=O) groups is 2. The molecule has 0 bridgehead atoms. The molecule has 2 rings (SSSR count). The normalized spacial score (nSPS) is 21.3. The zero-order valence-electron chi connectivity index (χ0n) is 12.2. The van der Waals surface area contributed by atoms with Gasteiger partial charge in [-0.3, -0.25) is 4.79 Å². The maximum atomic E-state index is 12.1. The topological polar surface area (TPSA) is 72.6 Å². The fourth-order valence-corrected chi connectivity index (χ4v) is 3.48. The van der Waals surface area contributed by atoms with Gasteiger partial charge in [0, 0.05) is 30.4 Å². The monoisotopic (exact) mass is 308 g/mol. The summed E-state index contributed by atoms with van der Waals surface area (Å²) in [7, 11) is 0. The summed E-state index contributed by atoms with van der Waals surface area (Å²) in [5.74, 6) is 0. The summed E-state index contributed by atoms with van der Waals surface area (Å²) >= 11 is 1.30. The van der Waals surface area contributed by atoms with Gasteiger partial charge in [-0.2, -0.15) is 0 Å². The van der Waals surface area contributed by atoms with Crippen molar-refractivity contribution in [1.29, 1.82) is 0 Å². The lowest BCUT2D eigenvalue weighted by atomic mass is 10.2. The SMILES string of the molecule is CC(=O)SC1CC(C)N(C(=O)OCc2ccc(N)cc2)C1. The summed E-state index contributed by atoms with van der Waals surface area (Å²) in [5, 5.41) is 0.255. The summed E-state index contributed by atoms with van der Waals surface area (Å²) in [4.78, 5) is 24.9. The van der Waals surface area contributed by atoms with Crippen LogP contribution < -0.4 is 5.73 Å². The number of anilines is 1. The van der Waals surface area contributed by atoms with E-state index in [1.165, 1.54) is 11.8 Å². The number of nitrogens with zero attached hydrogens (tertiary/aromatic N) is 1. The zero-order valence-corrected chi connectivity index (χ0v) is 13.1. The molecule has 1 heterocycles. The predicted molar refractivity (Wildman–Crippen MR) is 83.9 cm³/mol. The van der Waals surface area contributed by atoms with Gasteiger partial charge in [0.15, 0.2) is 5.12 Å². The average molecular weight is 308 g/mol. The van der Waals surface area contributed by atoms with Crippen LogP contribution in [-0.4, -0.2) is 33.9 Å². The van der Waals surface area contributed by atoms with Crippen LogP contribution in [0.1, 0.15) is 25.8 Å². The molecule has 1 aromatic rings. The van der Waals surface area contributed by atoms with Crippen LogP contribution in [0.4, 0.5) is 10.5 Å². The molecule has 0 spiro atoms. The summed E-state index contributed by atoms with van der Waals surface area (Å²) in [6.07, 6.45) is 0.493. The molecule has 6 heteroatoms. The fourth-order valence-electron chi connectivity index (χ4n) is 2.40. The Balaban J connectivity index is 1.85. The second kappa shape index (κ2) is 6.85. The quantitative estimate of drug-likeness (QED) is 0.869. The lowest BCUT2D eigenvalue weighted by Crippen LogP contribution is -2.34. The van der Waals surface area contributed by atoms with Gasteiger partial charge in [-0.15, -0.1) is 0 Å². The van der Waals surface area contributed by atoms with Gasteiger partial charge in [-0.25, -0.2) is 4.79 Å². The lowest BCUT2D eigenvalue weighted by Gasteiger charge is -2.20. The highest BCUT2D eigenvalue weighted by molar-refractivity contribution is 8.14. The van der Waals surface area contributed by atoms with Gasteiger partial charge >= 0.3 is 6.09 Å². The van der Waals surface area contributed by atoms with Gasteiger partial charge in [-0.1, -0.05) is 23.9 Å². The molecule has 114 valence electrons. The Kier molecular flexibility index (Phi) is 5.12. The zero-order chi connectivity index (χ0) is 15.4. The third kappa shape index (κ3) is 4.39. The Hall–Kier alpha value is -1.69. The van der Waals surface area contributed by atoms with Crippen LogP contribution >= 0.6 is 11.8 Å². The molecule has 5 nitrogen and oxygen atoms in total. The second-order valence-corrected chi connectivity index (χ2v) is 6.74. The Bertz CT molecular complexity index is 518. The Morgan fingerprint density at radius 2 is 2.05 bits per heavy atom. The van der Waals surface area contributed by atoms with Gasteiger partial charge in [0.2, 0.25) is 0 Å². The molecule has 1 aliphatic rings. The maximum absolute atomic E-state index is 12.1. The molecule has 0 saturated carbocycles. The van der Waals surface area contributed by atoms with Crippen LogP contribution in [0, 0.1) is 0 Å². The molecular formula is C15H20N2O3S. The first-order chi connectivity index (χ1) is 9.95. The molecule has 2 N–H and O–H groups in total. The second-order valence-electron chi connectivity index (χ2n) is 5.26. The number of benzene rings is 1. The smallest absolute Gasteiger partial charge is 0.410 e. The molecule has 1 aromatic carbocycles. The van der Waals surface area contributed by atoms with Crippen molar-refractivity contribution in [2.24, 2.45) is 0 Å². The van der Waals surface area contributed by atoms with Crippen LogP contribution in [0.15, 0.2) is 24.3 Å². The Labute approximate surface area is 128 Å². The molecule has 0 aromatic heterocycles. The number of nitrogens with two attached hydrogens (primary N) is 1. The summed E-state index contributed by atoms with van der Waals surface area (Å²) in [6, 6.07) is 7.33. The summed E-state index contributed by atoms with van der Waals surface area (Å²) in [6.45, 7) is 4.32. The minimum absolute atomic E-state index is 0.0873. The minimum Gasteiger partial charge on any atom is -0.445 e. The van der Waals surface area contributed by atoms with Gasteiger partial charge in [0.1, 0.15) is 6.61 Å². The van der Waals surface area contributed by atoms with E-state index in [2.05, 4.69) is 0 Å². The molecule has 1 amide bonds. The number of likely N-dealkylation sites (tertiary alicyclic amines) is 1. The molecule has 2 atom stereocenters. The first-order valence-electron chi connectivity index (χ1n) is 6.90. The maximum Gasteiger partial charge on any atom is 0.410 e. The molecule has 21 heavy (non-hydrogen) atoms. The van der Waals surface area contributed by atoms with Crippen LogP contribution in [0.2, 0.25) is 0 Å². The van der Waals surface area contributed by atoms with Crippen molar-refractivity contribution in [2.45, 2.75) is 38.2 Å². The van der Waals surface area contributed by atoms with E-state index in [1.54, 1.807) is 24.0 Å². The van der Waals surface area contributed by atoms with E-state index in [-0.39, 0.29) is 29.1 Å². The van der Waals surface area contributed by atoms with E-state index in [9.17, 15) is 9.59 Å². The summed E-state index contributed by atoms with van der Waals surface area (Å²) < 4.78 is 5.33. The van der Waals surface area contributed by atoms with E-state index in [0.29, 0.717) is 12.2 Å². The number of hydrogen-bond acceptors (Lipinski definition) is 5. The van der Waals surface area contributed by atoms with Crippen LogP contribution in [0.25, 0.3) is 0 Å². The van der Waals surface area contributed by atoms with E-state index in [1.807, 2.05) is 19.1 Å². The third-order valence-electron chi connectivity index (χ3n) is 3.45. The van der Waals surface area contributed by atoms with E-state index >= 15 is 0 Å². The average Bonchev–Trinajstić information content (AvgIpc) is 2.77. The fraction of sp³-hybridized carbons (Fsp3) is 0.467. The molecule has 0 radical (unpaired) electrons. The number of hydrogen-bond donors (Lipinski definition) is 1. The summed E-state index contributed by atoms with van der Waals surface area (Å²) in [5.41, 5.74) is 7.19. The van der Waals surface area contributed by atoms with Gasteiger partial charge in [0.25, 0.3) is 0 Å². The molecular weight excluding hydrogens is 288 g/mol. The molecule has 1 saturated heterocycles. The third-order valence-corrected chi connectivity index (χ3v) is 4.45. The number of rotatable bonds is 3. The first-order valence-corrected chi connectivity index (χ1v) is 7.78. The Morgan fingerprint density at radius 1 is 1.38 bits per heavy atom. The van der Waals surface area contributed by atoms with Crippen molar-refractivity contribution in [3.05, 3.63) is 29.8 Å². The van der Waals surface area contributed by atoms with Crippen molar-refractivity contribution in [3.63, 3.8) is 0 Å². The van der Waals surface area contributed by atoms with Crippen molar-refractivity contribution in [2.75, 3.05) is 12.3 Å². The highest BCUT2D eigenvalue weighted by atomic mass is 32.2. The number of carbonyl (C=O) groups excluding carboxylic acids is 2. The number of nitrogen functional groups attached to an aromatic ring is 1. The highest BCUT2D eigenvalue weighted by Crippen LogP contribution is 2.28. The number of thioether (sulfide) groups is 1. The van der Waals surface area contributed by atoms with Gasteiger partial charge < -0.3 is 15.4 Å². The van der Waals surface area contributed by atoms with E-state index < -0.39 is 0 Å². The van der Waals surface area contributed by atoms with Crippen molar-refractivity contribution < 1.29 is 14.3 Å². The van der Waals surface area contributed by atoms with E-state index in [4.69, 9.17) is 10.5 Å². The predicted octanol–water partition coefficient (Wildman–Crippen LogP) is 2.65. The molecule has 1 fully saturated rings. The molecule has 0 aliphatic carbocycles. The molecule has 1 aliphatic heterocycles. The van der Waals surface area contributed by atoms with Crippen molar-refractivity contribution in [3.8, 4) is 0 Å². The van der Waals surface area contributed by atoms with Crippen molar-refractivity contribution >= 4 is 28.7 Å². The minimum atomic E-state index is -0.328. The highest BCUT2D eigenvalue weighted by Gasteiger charge is 2.34. The van der Waals surface area contributed by atoms with Gasteiger partial charge in [-0.05, 0) is 31.0 Å². The van der Waals surface area contributed by atoms with Crippen LogP contribution in [0.3, 0.4) is 0 Å². The van der Waals surface area contributed by atoms with Crippen LogP contribution in [-0.2, 0) is 16.1 Å². The van der Waals surface area contributed by atoms with E-state index in [0.717, 1.165) is 12.0 Å². The number of ether oxygens (including phenoxy) is 1. The Morgan fingerprint density at radius 3 is 2.67 bits per heavy atom. The van der Waals surface area contributed by atoms with Crippen molar-refractivity contribution in [1.82, 2.24) is 4.90 Å². The molecule has 2 unspecified atom stereocenters. The standard InChI is InChI=1S/C15H20N2O3S/c1-10-7-14(21-11(2)18)8-17(10)15(19)20-9-12-3-5-13(16)6-4-12/h3-6,10,14H,7-9,16H2,1-2H3. The first kappa shape index (κ1) is 15.7.